The monoisotopic (exact) mass is 680 g/mol. The zero-order valence-corrected chi connectivity index (χ0v) is 30.0. The fraction of sp³-hybridized carbons (Fsp3) is 0.0980. The summed E-state index contributed by atoms with van der Waals surface area (Å²) in [6.45, 7) is 4.49. The summed E-state index contributed by atoms with van der Waals surface area (Å²) >= 11 is 0. The van der Waals surface area contributed by atoms with E-state index >= 15 is 0 Å². The van der Waals surface area contributed by atoms with Gasteiger partial charge in [-0.1, -0.05) is 132 Å². The number of rotatable bonds is 6. The fourth-order valence-corrected chi connectivity index (χ4v) is 9.46. The lowest BCUT2D eigenvalue weighted by molar-refractivity contribution is 0.463. The summed E-state index contributed by atoms with van der Waals surface area (Å²) in [5.74, 6) is 0.611. The third-order valence-corrected chi connectivity index (χ3v) is 11.6. The molecule has 53 heavy (non-hydrogen) atoms. The highest BCUT2D eigenvalue weighted by Gasteiger charge is 2.57. The first-order valence-corrected chi connectivity index (χ1v) is 18.7. The van der Waals surface area contributed by atoms with Gasteiger partial charge in [-0.2, -0.15) is 0 Å². The van der Waals surface area contributed by atoms with Gasteiger partial charge in [0.1, 0.15) is 0 Å². The molecule has 0 amide bonds. The van der Waals surface area contributed by atoms with Crippen LogP contribution < -0.4 is 9.80 Å². The molecule has 0 saturated heterocycles. The summed E-state index contributed by atoms with van der Waals surface area (Å²) in [7, 11) is 0. The molecule has 7 aromatic rings. The van der Waals surface area contributed by atoms with Crippen molar-refractivity contribution in [3.05, 3.63) is 228 Å². The Morgan fingerprint density at radius 3 is 1.57 bits per heavy atom. The van der Waals surface area contributed by atoms with Crippen LogP contribution in [0.1, 0.15) is 40.7 Å². The van der Waals surface area contributed by atoms with Crippen LogP contribution in [-0.2, 0) is 5.41 Å². The van der Waals surface area contributed by atoms with E-state index in [4.69, 9.17) is 0 Å². The van der Waals surface area contributed by atoms with E-state index in [1.807, 2.05) is 0 Å². The van der Waals surface area contributed by atoms with Gasteiger partial charge in [-0.15, -0.1) is 0 Å². The van der Waals surface area contributed by atoms with Gasteiger partial charge in [-0.3, -0.25) is 0 Å². The predicted octanol–water partition coefficient (Wildman–Crippen LogP) is 13.5. The average Bonchev–Trinajstić information content (AvgIpc) is 3.66. The number of hydrogen-bond acceptors (Lipinski definition) is 2. The minimum absolute atomic E-state index is 0.286. The van der Waals surface area contributed by atoms with Crippen molar-refractivity contribution in [1.82, 2.24) is 0 Å². The quantitative estimate of drug-likeness (QED) is 0.172. The van der Waals surface area contributed by atoms with Crippen LogP contribution in [0.5, 0.6) is 0 Å². The maximum Gasteiger partial charge on any atom is 0.0538 e. The van der Waals surface area contributed by atoms with Gasteiger partial charge in [-0.05, 0) is 120 Å². The average molecular weight is 681 g/mol. The molecule has 2 nitrogen and oxygen atoms in total. The molecule has 0 heterocycles. The van der Waals surface area contributed by atoms with Crippen LogP contribution in [0.4, 0.5) is 34.1 Å². The van der Waals surface area contributed by atoms with Crippen LogP contribution >= 0.6 is 0 Å². The third-order valence-electron chi connectivity index (χ3n) is 11.6. The zero-order valence-electron chi connectivity index (χ0n) is 30.0. The Kier molecular flexibility index (Phi) is 7.33. The molecular formula is C51H40N2. The Hall–Kier alpha value is -6.38. The molecule has 3 unspecified atom stereocenters. The van der Waals surface area contributed by atoms with Crippen LogP contribution in [0.15, 0.2) is 200 Å². The number of fused-ring (bicyclic) bond motifs is 10. The van der Waals surface area contributed by atoms with E-state index in [2.05, 4.69) is 218 Å². The number of hydrogen-bond donors (Lipinski definition) is 0. The molecule has 0 radical (unpaired) electrons. The lowest BCUT2D eigenvalue weighted by atomic mass is 9.65. The number of benzene rings is 7. The summed E-state index contributed by atoms with van der Waals surface area (Å²) in [4.78, 5) is 4.73. The Morgan fingerprint density at radius 1 is 0.434 bits per heavy atom. The molecule has 0 aromatic heterocycles. The molecule has 254 valence electrons. The maximum absolute atomic E-state index is 2.55. The van der Waals surface area contributed by atoms with Gasteiger partial charge in [0, 0.05) is 46.0 Å². The molecule has 2 heteroatoms. The molecule has 0 N–H and O–H groups in total. The van der Waals surface area contributed by atoms with Crippen molar-refractivity contribution in [3.8, 4) is 11.1 Å². The summed E-state index contributed by atoms with van der Waals surface area (Å²) in [5, 5.41) is 0. The van der Waals surface area contributed by atoms with Crippen molar-refractivity contribution in [2.45, 2.75) is 25.2 Å². The van der Waals surface area contributed by atoms with E-state index in [1.54, 1.807) is 0 Å². The third kappa shape index (κ3) is 4.86. The summed E-state index contributed by atoms with van der Waals surface area (Å²) in [6, 6.07) is 64.6. The van der Waals surface area contributed by atoms with Gasteiger partial charge < -0.3 is 9.80 Å². The van der Waals surface area contributed by atoms with Gasteiger partial charge in [0.25, 0.3) is 0 Å². The van der Waals surface area contributed by atoms with E-state index in [0.29, 0.717) is 5.92 Å². The molecule has 0 aliphatic heterocycles. The van der Waals surface area contributed by atoms with Gasteiger partial charge >= 0.3 is 0 Å². The van der Waals surface area contributed by atoms with Crippen LogP contribution in [0, 0.1) is 12.8 Å². The molecule has 3 aliphatic carbocycles. The summed E-state index contributed by atoms with van der Waals surface area (Å²) in [5.41, 5.74) is 17.5. The smallest absolute Gasteiger partial charge is 0.0538 e. The Morgan fingerprint density at radius 2 is 0.943 bits per heavy atom. The molecule has 7 aromatic carbocycles. The van der Waals surface area contributed by atoms with Gasteiger partial charge in [0.05, 0.1) is 5.41 Å². The molecule has 0 fully saturated rings. The van der Waals surface area contributed by atoms with Crippen molar-refractivity contribution >= 4 is 34.1 Å². The molecule has 0 bridgehead atoms. The van der Waals surface area contributed by atoms with Crippen LogP contribution in [0.3, 0.4) is 0 Å². The Balaban J connectivity index is 1.16. The van der Waals surface area contributed by atoms with Crippen LogP contribution in [0.2, 0.25) is 0 Å². The van der Waals surface area contributed by atoms with Crippen LogP contribution in [-0.4, -0.2) is 0 Å². The second-order valence-corrected chi connectivity index (χ2v) is 14.7. The minimum Gasteiger partial charge on any atom is -0.311 e. The van der Waals surface area contributed by atoms with E-state index in [9.17, 15) is 0 Å². The molecule has 10 rings (SSSR count). The number of anilines is 6. The van der Waals surface area contributed by atoms with Crippen molar-refractivity contribution < 1.29 is 0 Å². The highest BCUT2D eigenvalue weighted by Crippen LogP contribution is 2.66. The number of aryl methyl sites for hydroxylation is 1. The van der Waals surface area contributed by atoms with Crippen LogP contribution in [0.25, 0.3) is 11.1 Å². The first-order chi connectivity index (χ1) is 26.1. The lowest BCUT2D eigenvalue weighted by Gasteiger charge is -2.37. The highest BCUT2D eigenvalue weighted by atomic mass is 15.2. The normalized spacial score (nSPS) is 18.9. The van der Waals surface area contributed by atoms with Crippen molar-refractivity contribution in [2.75, 3.05) is 9.80 Å². The fourth-order valence-electron chi connectivity index (χ4n) is 9.46. The van der Waals surface area contributed by atoms with Gasteiger partial charge in [0.2, 0.25) is 0 Å². The SMILES string of the molecule is CC1=CC2C(C=C1)c1ccc(C)cc1C21c2ccccc2-c2ccc(N(c3ccccc3)c3ccc(N(c4ccccc4)c4ccccc4)cc3)cc21. The van der Waals surface area contributed by atoms with Crippen molar-refractivity contribution in [2.24, 2.45) is 5.92 Å². The second-order valence-electron chi connectivity index (χ2n) is 14.7. The zero-order chi connectivity index (χ0) is 35.5. The standard InChI is InChI=1S/C51H40N2/c1-35-22-29-44-45-30-23-36(2)33-49(45)51(48(44)32-35)47-21-13-12-20-43(47)46-31-28-42(34-50(46)51)53(39-18-10-5-11-19-39)41-26-24-40(25-27-41)52(37-14-6-3-7-15-37)38-16-8-4-9-17-38/h3-34,44,48H,1-2H3. The van der Waals surface area contributed by atoms with Crippen molar-refractivity contribution in [1.29, 1.82) is 0 Å². The molecular weight excluding hydrogens is 641 g/mol. The molecule has 3 aliphatic rings. The molecule has 0 saturated carbocycles. The van der Waals surface area contributed by atoms with Gasteiger partial charge in [0.15, 0.2) is 0 Å². The first kappa shape index (κ1) is 31.4. The van der Waals surface area contributed by atoms with E-state index < -0.39 is 0 Å². The maximum atomic E-state index is 2.55. The minimum atomic E-state index is -0.294. The summed E-state index contributed by atoms with van der Waals surface area (Å²) < 4.78 is 0. The highest BCUT2D eigenvalue weighted by molar-refractivity contribution is 5.89. The van der Waals surface area contributed by atoms with E-state index in [-0.39, 0.29) is 11.3 Å². The lowest BCUT2D eigenvalue weighted by Crippen LogP contribution is -2.33. The van der Waals surface area contributed by atoms with Gasteiger partial charge in [-0.25, -0.2) is 0 Å². The number of para-hydroxylation sites is 3. The topological polar surface area (TPSA) is 6.48 Å². The predicted molar refractivity (Wildman–Crippen MR) is 221 cm³/mol. The number of nitrogens with zero attached hydrogens (tertiary/aromatic N) is 2. The first-order valence-electron chi connectivity index (χ1n) is 18.7. The largest absolute Gasteiger partial charge is 0.311 e. The van der Waals surface area contributed by atoms with E-state index in [1.165, 1.54) is 44.5 Å². The molecule has 1 spiro atoms. The number of allylic oxidation sites excluding steroid dienone is 4. The van der Waals surface area contributed by atoms with Crippen molar-refractivity contribution in [3.63, 3.8) is 0 Å². The Labute approximate surface area is 312 Å². The second kappa shape index (κ2) is 12.4. The molecule has 3 atom stereocenters. The Bertz CT molecular complexity index is 2490. The van der Waals surface area contributed by atoms with E-state index in [0.717, 1.165) is 34.1 Å². The summed E-state index contributed by atoms with van der Waals surface area (Å²) in [6.07, 6.45) is 7.33.